The minimum atomic E-state index is -3.67. The van der Waals surface area contributed by atoms with E-state index in [1.165, 1.54) is 0 Å². The Morgan fingerprint density at radius 2 is 1.12 bits per heavy atom. The number of halogens is 1. The van der Waals surface area contributed by atoms with Gasteiger partial charge in [0.25, 0.3) is 0 Å². The number of nitrogens with one attached hydrogen (secondary N) is 1. The van der Waals surface area contributed by atoms with Crippen LogP contribution < -0.4 is 5.09 Å². The van der Waals surface area contributed by atoms with Crippen LogP contribution in [0.2, 0.25) is 0 Å². The summed E-state index contributed by atoms with van der Waals surface area (Å²) >= 11 is 0. The average molecular weight is 361 g/mol. The van der Waals surface area contributed by atoms with Crippen LogP contribution in [-0.4, -0.2) is 47.9 Å². The van der Waals surface area contributed by atoms with Crippen LogP contribution in [0.1, 0.15) is 83.1 Å². The zero-order valence-corrected chi connectivity index (χ0v) is 19.0. The molecule has 0 atom stereocenters. The number of nitrogens with zero attached hydrogens (tertiary/aromatic N) is 3. The van der Waals surface area contributed by atoms with Gasteiger partial charge in [-0.25, -0.2) is 4.11 Å². The minimum Gasteiger partial charge on any atom is -0.282 e. The summed E-state index contributed by atoms with van der Waals surface area (Å²) in [7, 11) is -3.67. The zero-order valence-electron chi connectivity index (χ0n) is 18.0. The average Bonchev–Trinajstić information content (AvgIpc) is 2.32. The number of rotatable bonds is 8. The van der Waals surface area contributed by atoms with Gasteiger partial charge in [0.2, 0.25) is 0 Å². The second-order valence-corrected chi connectivity index (χ2v) is 11.3. The molecule has 0 aliphatic rings. The van der Waals surface area contributed by atoms with Gasteiger partial charge in [-0.05, 0) is 6.92 Å². The van der Waals surface area contributed by atoms with Crippen molar-refractivity contribution in [2.24, 2.45) is 10.5 Å². The van der Waals surface area contributed by atoms with Gasteiger partial charge in [0.1, 0.15) is 0 Å². The Morgan fingerprint density at radius 3 is 1.33 bits per heavy atom. The predicted molar refractivity (Wildman–Crippen MR) is 107 cm³/mol. The van der Waals surface area contributed by atoms with Gasteiger partial charge in [0.05, 0.1) is 0 Å². The molecule has 0 spiro atoms. The first-order valence-electron chi connectivity index (χ1n) is 9.24. The Kier molecular flexibility index (Phi) is 8.59. The summed E-state index contributed by atoms with van der Waals surface area (Å²) in [6.07, 6.45) is 0. The molecular weight excluding hydrogens is 319 g/mol. The van der Waals surface area contributed by atoms with Gasteiger partial charge in [-0.3, -0.25) is 14.2 Å². The molecule has 0 amide bonds. The fourth-order valence-corrected chi connectivity index (χ4v) is 6.68. The smallest absolute Gasteiger partial charge is 0.282 e. The molecule has 0 aromatic heterocycles. The molecule has 0 unspecified atom stereocenters. The Bertz CT molecular complexity index is 378. The maximum Gasteiger partial charge on any atom is 0.533 e. The molecule has 0 aromatic rings. The first-order valence-corrected chi connectivity index (χ1v) is 11.0. The summed E-state index contributed by atoms with van der Waals surface area (Å²) in [5.74, 6) is 0. The lowest BCUT2D eigenvalue weighted by molar-refractivity contribution is 0.162. The highest BCUT2D eigenvalue weighted by Crippen LogP contribution is 2.26. The van der Waals surface area contributed by atoms with E-state index in [-0.39, 0.29) is 29.6 Å². The van der Waals surface area contributed by atoms with E-state index < -0.39 is 8.89 Å². The minimum absolute atomic E-state index is 0.0801. The molecule has 0 aliphatic carbocycles. The van der Waals surface area contributed by atoms with Crippen LogP contribution in [0.5, 0.6) is 0 Å². The predicted octanol–water partition coefficient (Wildman–Crippen LogP) is 4.64. The van der Waals surface area contributed by atoms with Crippen molar-refractivity contribution in [2.75, 3.05) is 0 Å². The quantitative estimate of drug-likeness (QED) is 0.296. The van der Waals surface area contributed by atoms with Gasteiger partial charge in [-0.2, -0.15) is 5.10 Å². The van der Waals surface area contributed by atoms with Crippen LogP contribution in [0.3, 0.4) is 0 Å². The molecule has 1 N–H and O–H groups in total. The highest BCUT2D eigenvalue weighted by atomic mass is 28.4. The van der Waals surface area contributed by atoms with Gasteiger partial charge in [-0.1, -0.05) is 76.2 Å². The molecule has 24 heavy (non-hydrogen) atoms. The van der Waals surface area contributed by atoms with Crippen LogP contribution in [0.4, 0.5) is 4.11 Å². The highest BCUT2D eigenvalue weighted by Gasteiger charge is 2.54. The van der Waals surface area contributed by atoms with Crippen LogP contribution in [0.25, 0.3) is 0 Å². The molecule has 0 aliphatic heterocycles. The van der Waals surface area contributed by atoms with Crippen molar-refractivity contribution in [2.45, 2.75) is 107 Å². The molecular formula is C18H41FN4Si. The van der Waals surface area contributed by atoms with Crippen LogP contribution in [-0.2, 0) is 0 Å². The third-order valence-electron chi connectivity index (χ3n) is 4.36. The van der Waals surface area contributed by atoms with E-state index in [1.54, 1.807) is 0 Å². The summed E-state index contributed by atoms with van der Waals surface area (Å²) in [6.45, 7) is 24.7. The number of hydrogen-bond donors (Lipinski definition) is 1. The SMILES string of the molecule is C/C(=N\N[Si](F)(N(C(C)C)C(C)C)N(C(C)C)C(C)C)C(C)(C)C. The topological polar surface area (TPSA) is 30.9 Å². The second kappa shape index (κ2) is 8.76. The van der Waals surface area contributed by atoms with E-state index in [0.29, 0.717) is 0 Å². The van der Waals surface area contributed by atoms with Crippen molar-refractivity contribution in [1.82, 2.24) is 14.2 Å². The Balaban J connectivity index is 6.09. The Hall–Kier alpha value is -0.463. The third-order valence-corrected chi connectivity index (χ3v) is 8.19. The molecule has 0 saturated carbocycles. The first kappa shape index (κ1) is 23.5. The van der Waals surface area contributed by atoms with Crippen LogP contribution in [0, 0.1) is 5.41 Å². The zero-order chi connectivity index (χ0) is 19.5. The standard InChI is InChI=1S/C18H41FN4Si/c1-13(2)22(14(3)4)24(19,23(15(5)6)16(7)8)21-20-17(9)18(10,11)12/h13-16,21H,1-12H3/b20-17+. The maximum atomic E-state index is 16.6. The van der Waals surface area contributed by atoms with E-state index in [1.807, 2.05) is 16.1 Å². The van der Waals surface area contributed by atoms with Crippen molar-refractivity contribution in [1.29, 1.82) is 0 Å². The molecule has 0 saturated heterocycles. The van der Waals surface area contributed by atoms with Gasteiger partial charge >= 0.3 is 8.89 Å². The lowest BCUT2D eigenvalue weighted by atomic mass is 9.91. The molecule has 0 aromatic carbocycles. The van der Waals surface area contributed by atoms with Gasteiger partial charge < -0.3 is 0 Å². The van der Waals surface area contributed by atoms with Gasteiger partial charge in [-0.15, -0.1) is 0 Å². The van der Waals surface area contributed by atoms with E-state index in [0.717, 1.165) is 5.71 Å². The third kappa shape index (κ3) is 5.81. The van der Waals surface area contributed by atoms with Crippen molar-refractivity contribution in [3.63, 3.8) is 0 Å². The normalized spacial score (nSPS) is 14.9. The van der Waals surface area contributed by atoms with Gasteiger partial charge in [0.15, 0.2) is 0 Å². The van der Waals surface area contributed by atoms with E-state index >= 15 is 4.11 Å². The Morgan fingerprint density at radius 1 is 0.833 bits per heavy atom. The molecule has 144 valence electrons. The summed E-state index contributed by atoms with van der Waals surface area (Å²) in [4.78, 5) is 0. The van der Waals surface area contributed by atoms with E-state index in [2.05, 4.69) is 86.4 Å². The lowest BCUT2D eigenvalue weighted by Crippen LogP contribution is -2.76. The van der Waals surface area contributed by atoms with Crippen molar-refractivity contribution in [3.05, 3.63) is 0 Å². The summed E-state index contributed by atoms with van der Waals surface area (Å²) < 4.78 is 20.6. The first-order chi connectivity index (χ1) is 10.7. The highest BCUT2D eigenvalue weighted by molar-refractivity contribution is 6.65. The van der Waals surface area contributed by atoms with Gasteiger partial charge in [0, 0.05) is 35.3 Å². The van der Waals surface area contributed by atoms with Crippen LogP contribution in [0.15, 0.2) is 5.10 Å². The Labute approximate surface area is 151 Å². The maximum absolute atomic E-state index is 16.6. The molecule has 0 heterocycles. The lowest BCUT2D eigenvalue weighted by Gasteiger charge is -2.48. The second-order valence-electron chi connectivity index (χ2n) is 8.84. The fraction of sp³-hybridized carbons (Fsp3) is 0.944. The molecule has 6 heteroatoms. The van der Waals surface area contributed by atoms with Crippen molar-refractivity contribution >= 4 is 14.6 Å². The molecule has 0 fully saturated rings. The number of hydrazone groups is 1. The summed E-state index contributed by atoms with van der Waals surface area (Å²) in [5.41, 5.74) is 0.834. The molecule has 4 nitrogen and oxygen atoms in total. The number of hydrogen-bond acceptors (Lipinski definition) is 4. The van der Waals surface area contributed by atoms with E-state index in [4.69, 9.17) is 0 Å². The largest absolute Gasteiger partial charge is 0.533 e. The summed E-state index contributed by atoms with van der Waals surface area (Å²) in [6, 6.07) is 0.386. The molecule has 0 bridgehead atoms. The monoisotopic (exact) mass is 360 g/mol. The molecule has 0 radical (unpaired) electrons. The van der Waals surface area contributed by atoms with Crippen molar-refractivity contribution < 1.29 is 4.11 Å². The molecule has 0 rings (SSSR count). The fourth-order valence-electron chi connectivity index (χ4n) is 3.13. The van der Waals surface area contributed by atoms with Crippen LogP contribution >= 0.6 is 0 Å². The van der Waals surface area contributed by atoms with E-state index in [9.17, 15) is 0 Å². The summed E-state index contributed by atoms with van der Waals surface area (Å²) in [5, 5.41) is 7.55. The van der Waals surface area contributed by atoms with Crippen molar-refractivity contribution in [3.8, 4) is 0 Å².